The van der Waals surface area contributed by atoms with Gasteiger partial charge in [-0.15, -0.1) is 0 Å². The smallest absolute Gasteiger partial charge is 0.300 e. The van der Waals surface area contributed by atoms with Gasteiger partial charge >= 0.3 is 0 Å². The summed E-state index contributed by atoms with van der Waals surface area (Å²) in [4.78, 5) is 7.38. The maximum Gasteiger partial charge on any atom is 0.300 e. The molecule has 0 heterocycles. The van der Waals surface area contributed by atoms with Gasteiger partial charge in [-0.25, -0.2) is 4.99 Å². The van der Waals surface area contributed by atoms with E-state index in [1.807, 2.05) is 0 Å². The minimum atomic E-state index is 0.888. The summed E-state index contributed by atoms with van der Waals surface area (Å²) in [6.45, 7) is 20.1. The predicted octanol–water partition coefficient (Wildman–Crippen LogP) is 3.36. The molecule has 0 amide bonds. The van der Waals surface area contributed by atoms with Crippen molar-refractivity contribution < 1.29 is 4.48 Å². The quantitative estimate of drug-likeness (QED) is 0.369. The number of hydrogen-bond acceptors (Lipinski definition) is 1. The summed E-state index contributed by atoms with van der Waals surface area (Å²) in [7, 11) is 0. The van der Waals surface area contributed by atoms with Crippen LogP contribution in [0.4, 0.5) is 0 Å². The van der Waals surface area contributed by atoms with E-state index in [1.165, 1.54) is 18.8 Å². The van der Waals surface area contributed by atoms with Crippen LogP contribution in [-0.4, -0.2) is 54.6 Å². The summed E-state index contributed by atoms with van der Waals surface area (Å²) in [5, 5.41) is 0. The van der Waals surface area contributed by atoms with E-state index in [0.29, 0.717) is 0 Å². The highest BCUT2D eigenvalue weighted by molar-refractivity contribution is 5.73. The summed E-state index contributed by atoms with van der Waals surface area (Å²) in [5.74, 6) is 1.31. The standard InChI is InChI=1S/C15H34N3/c1-7-13-17(14-8-2)15(16-9-3)18(10-4,11-5)12-6/h7-14H2,1-6H3/q+1. The first-order valence-corrected chi connectivity index (χ1v) is 7.81. The fraction of sp³-hybridized carbons (Fsp3) is 0.933. The average molecular weight is 256 g/mol. The Bertz CT molecular complexity index is 218. The van der Waals surface area contributed by atoms with Crippen LogP contribution in [0.15, 0.2) is 4.99 Å². The molecule has 0 atom stereocenters. The van der Waals surface area contributed by atoms with Gasteiger partial charge in [-0.2, -0.15) is 0 Å². The number of rotatable bonds is 8. The van der Waals surface area contributed by atoms with Crippen molar-refractivity contribution in [1.29, 1.82) is 0 Å². The maximum atomic E-state index is 4.86. The van der Waals surface area contributed by atoms with Crippen molar-refractivity contribution in [2.24, 2.45) is 4.99 Å². The first kappa shape index (κ1) is 17.4. The van der Waals surface area contributed by atoms with Crippen molar-refractivity contribution in [3.8, 4) is 0 Å². The highest BCUT2D eigenvalue weighted by atomic mass is 15.5. The monoisotopic (exact) mass is 256 g/mol. The van der Waals surface area contributed by atoms with E-state index in [9.17, 15) is 0 Å². The van der Waals surface area contributed by atoms with Crippen molar-refractivity contribution in [3.05, 3.63) is 0 Å². The molecular formula is C15H34N3+. The van der Waals surface area contributed by atoms with Crippen LogP contribution in [0.2, 0.25) is 0 Å². The summed E-state index contributed by atoms with van der Waals surface area (Å²) in [6.07, 6.45) is 2.39. The number of quaternary nitrogens is 1. The third kappa shape index (κ3) is 4.27. The molecule has 0 aromatic heterocycles. The highest BCUT2D eigenvalue weighted by Gasteiger charge is 2.32. The lowest BCUT2D eigenvalue weighted by Crippen LogP contribution is -2.59. The molecule has 0 aliphatic carbocycles. The van der Waals surface area contributed by atoms with E-state index in [2.05, 4.69) is 46.4 Å². The molecule has 0 N–H and O–H groups in total. The zero-order chi connectivity index (χ0) is 14.0. The van der Waals surface area contributed by atoms with Crippen LogP contribution in [0.25, 0.3) is 0 Å². The van der Waals surface area contributed by atoms with E-state index in [-0.39, 0.29) is 0 Å². The molecule has 0 aromatic carbocycles. The lowest BCUT2D eigenvalue weighted by atomic mass is 10.3. The lowest BCUT2D eigenvalue weighted by Gasteiger charge is -2.40. The van der Waals surface area contributed by atoms with Gasteiger partial charge in [0, 0.05) is 19.6 Å². The summed E-state index contributed by atoms with van der Waals surface area (Å²) in [5.41, 5.74) is 0. The Balaban J connectivity index is 5.29. The largest absolute Gasteiger partial charge is 0.311 e. The molecule has 3 heteroatoms. The lowest BCUT2D eigenvalue weighted by molar-refractivity contribution is -0.841. The number of aliphatic imine (C=N–C) groups is 1. The first-order valence-electron chi connectivity index (χ1n) is 7.81. The van der Waals surface area contributed by atoms with Crippen molar-refractivity contribution in [3.63, 3.8) is 0 Å². The van der Waals surface area contributed by atoms with Crippen molar-refractivity contribution >= 4 is 5.96 Å². The average Bonchev–Trinajstić information content (AvgIpc) is 2.40. The van der Waals surface area contributed by atoms with Crippen LogP contribution in [0.5, 0.6) is 0 Å². The number of hydrogen-bond donors (Lipinski definition) is 0. The van der Waals surface area contributed by atoms with E-state index < -0.39 is 0 Å². The third-order valence-corrected chi connectivity index (χ3v) is 3.81. The second kappa shape index (κ2) is 9.37. The topological polar surface area (TPSA) is 15.6 Å². The van der Waals surface area contributed by atoms with Gasteiger partial charge < -0.3 is 4.90 Å². The molecule has 0 aliphatic rings. The Morgan fingerprint density at radius 1 is 0.833 bits per heavy atom. The molecule has 0 unspecified atom stereocenters. The molecule has 3 nitrogen and oxygen atoms in total. The summed E-state index contributed by atoms with van der Waals surface area (Å²) >= 11 is 0. The third-order valence-electron chi connectivity index (χ3n) is 3.81. The Morgan fingerprint density at radius 3 is 1.56 bits per heavy atom. The van der Waals surface area contributed by atoms with Crippen LogP contribution in [0.1, 0.15) is 54.4 Å². The Morgan fingerprint density at radius 2 is 1.28 bits per heavy atom. The van der Waals surface area contributed by atoms with Crippen molar-refractivity contribution in [2.75, 3.05) is 39.3 Å². The van der Waals surface area contributed by atoms with Crippen molar-refractivity contribution in [1.82, 2.24) is 4.90 Å². The molecule has 0 fully saturated rings. The normalized spacial score (nSPS) is 12.9. The molecular weight excluding hydrogens is 222 g/mol. The van der Waals surface area contributed by atoms with Gasteiger partial charge in [0.2, 0.25) is 0 Å². The minimum absolute atomic E-state index is 0.888. The first-order chi connectivity index (χ1) is 8.65. The zero-order valence-electron chi connectivity index (χ0n) is 13.5. The second-order valence-electron chi connectivity index (χ2n) is 4.86. The minimum Gasteiger partial charge on any atom is -0.311 e. The molecule has 0 spiro atoms. The van der Waals surface area contributed by atoms with Crippen LogP contribution in [0.3, 0.4) is 0 Å². The van der Waals surface area contributed by atoms with E-state index in [4.69, 9.17) is 4.99 Å². The van der Waals surface area contributed by atoms with E-state index in [0.717, 1.165) is 43.8 Å². The molecule has 0 saturated carbocycles. The maximum absolute atomic E-state index is 4.86. The molecule has 0 rings (SSSR count). The molecule has 0 aromatic rings. The van der Waals surface area contributed by atoms with E-state index >= 15 is 0 Å². The number of guanidine groups is 1. The van der Waals surface area contributed by atoms with Gasteiger partial charge in [-0.1, -0.05) is 13.8 Å². The molecule has 0 saturated heterocycles. The van der Waals surface area contributed by atoms with Gasteiger partial charge in [0.05, 0.1) is 19.6 Å². The van der Waals surface area contributed by atoms with Crippen LogP contribution >= 0.6 is 0 Å². The van der Waals surface area contributed by atoms with Crippen LogP contribution in [0, 0.1) is 0 Å². The predicted molar refractivity (Wildman–Crippen MR) is 82.0 cm³/mol. The Labute approximate surface area is 114 Å². The fourth-order valence-corrected chi connectivity index (χ4v) is 2.64. The zero-order valence-corrected chi connectivity index (χ0v) is 13.5. The SMILES string of the molecule is CCCN(CCC)C(=NCC)[N+](CC)(CC)CC. The fourth-order valence-electron chi connectivity index (χ4n) is 2.64. The molecule has 0 bridgehead atoms. The Hall–Kier alpha value is -0.570. The van der Waals surface area contributed by atoms with Crippen LogP contribution < -0.4 is 0 Å². The van der Waals surface area contributed by atoms with Gasteiger partial charge in [-0.05, 0) is 40.5 Å². The summed E-state index contributed by atoms with van der Waals surface area (Å²) < 4.78 is 1.02. The van der Waals surface area contributed by atoms with Crippen LogP contribution in [-0.2, 0) is 0 Å². The number of nitrogens with zero attached hydrogens (tertiary/aromatic N) is 3. The molecule has 108 valence electrons. The van der Waals surface area contributed by atoms with E-state index in [1.54, 1.807) is 0 Å². The Kier molecular flexibility index (Phi) is 9.08. The molecule has 0 aliphatic heterocycles. The van der Waals surface area contributed by atoms with Gasteiger partial charge in [0.15, 0.2) is 0 Å². The van der Waals surface area contributed by atoms with Crippen molar-refractivity contribution in [2.45, 2.75) is 54.4 Å². The van der Waals surface area contributed by atoms with Gasteiger partial charge in [0.25, 0.3) is 5.96 Å². The molecule has 0 radical (unpaired) electrons. The highest BCUT2D eigenvalue weighted by Crippen LogP contribution is 2.13. The molecule has 18 heavy (non-hydrogen) atoms. The second-order valence-corrected chi connectivity index (χ2v) is 4.86. The van der Waals surface area contributed by atoms with Gasteiger partial charge in [-0.3, -0.25) is 4.48 Å². The van der Waals surface area contributed by atoms with Gasteiger partial charge in [0.1, 0.15) is 0 Å². The summed E-state index contributed by atoms with van der Waals surface area (Å²) in [6, 6.07) is 0.